The Labute approximate surface area is 159 Å². The van der Waals surface area contributed by atoms with E-state index in [4.69, 9.17) is 0 Å². The van der Waals surface area contributed by atoms with Crippen LogP contribution in [0.1, 0.15) is 24.1 Å². The van der Waals surface area contributed by atoms with E-state index in [2.05, 4.69) is 15.5 Å². The highest BCUT2D eigenvalue weighted by Gasteiger charge is 2.41. The van der Waals surface area contributed by atoms with Gasteiger partial charge in [-0.15, -0.1) is 16.4 Å². The molecule has 1 aliphatic carbocycles. The van der Waals surface area contributed by atoms with E-state index in [0.717, 1.165) is 17.7 Å². The van der Waals surface area contributed by atoms with Gasteiger partial charge in [0.15, 0.2) is 9.84 Å². The number of hydrogen-bond acceptors (Lipinski definition) is 8. The smallest absolute Gasteiger partial charge is 0.233 e. The molecular formula is C15H19N5O3S3. The molecule has 1 saturated heterocycles. The van der Waals surface area contributed by atoms with E-state index in [-0.39, 0.29) is 35.2 Å². The summed E-state index contributed by atoms with van der Waals surface area (Å²) in [5.74, 6) is 0.471. The fourth-order valence-electron chi connectivity index (χ4n) is 3.20. The first-order valence-electron chi connectivity index (χ1n) is 8.45. The Balaban J connectivity index is 1.39. The standard InChI is InChI=1S/C15H19N5O3S3/c21-14(20(11-3-4-11)12-5-7-26(22,23)10-12)9-25-15-16-17-18-19(15)8-13-2-1-6-24-13/h1-2,6,11-12H,3-5,7-10H2. The number of hydrogen-bond donors (Lipinski definition) is 0. The lowest BCUT2D eigenvalue weighted by atomic mass is 10.2. The van der Waals surface area contributed by atoms with Gasteiger partial charge in [-0.05, 0) is 41.1 Å². The van der Waals surface area contributed by atoms with Gasteiger partial charge in [-0.2, -0.15) is 0 Å². The van der Waals surface area contributed by atoms with Crippen LogP contribution in [0.2, 0.25) is 0 Å². The number of carbonyl (C=O) groups is 1. The molecule has 0 aromatic carbocycles. The summed E-state index contributed by atoms with van der Waals surface area (Å²) < 4.78 is 25.2. The first-order chi connectivity index (χ1) is 12.5. The maximum Gasteiger partial charge on any atom is 0.233 e. The van der Waals surface area contributed by atoms with Crippen molar-refractivity contribution in [1.29, 1.82) is 0 Å². The van der Waals surface area contributed by atoms with Gasteiger partial charge < -0.3 is 4.90 Å². The van der Waals surface area contributed by atoms with Gasteiger partial charge in [-0.1, -0.05) is 17.8 Å². The van der Waals surface area contributed by atoms with E-state index in [1.807, 2.05) is 22.4 Å². The minimum atomic E-state index is -3.01. The van der Waals surface area contributed by atoms with Crippen molar-refractivity contribution in [2.75, 3.05) is 17.3 Å². The molecule has 1 aliphatic heterocycles. The molecule has 2 aliphatic rings. The molecule has 2 aromatic rings. The molecule has 2 aromatic heterocycles. The normalized spacial score (nSPS) is 21.8. The summed E-state index contributed by atoms with van der Waals surface area (Å²) in [6.07, 6.45) is 2.47. The molecule has 3 heterocycles. The van der Waals surface area contributed by atoms with Crippen molar-refractivity contribution in [2.45, 2.75) is 43.0 Å². The number of thiophene rings is 1. The number of thioether (sulfide) groups is 1. The predicted octanol–water partition coefficient (Wildman–Crippen LogP) is 1.05. The molecule has 11 heteroatoms. The van der Waals surface area contributed by atoms with Crippen molar-refractivity contribution in [1.82, 2.24) is 25.1 Å². The lowest BCUT2D eigenvalue weighted by Crippen LogP contribution is -2.43. The van der Waals surface area contributed by atoms with Crippen LogP contribution in [0.15, 0.2) is 22.7 Å². The molecule has 140 valence electrons. The van der Waals surface area contributed by atoms with Gasteiger partial charge in [-0.25, -0.2) is 13.1 Å². The Bertz CT molecular complexity index is 876. The maximum atomic E-state index is 12.8. The van der Waals surface area contributed by atoms with Gasteiger partial charge in [0, 0.05) is 17.0 Å². The molecule has 0 N–H and O–H groups in total. The average molecular weight is 414 g/mol. The van der Waals surface area contributed by atoms with E-state index >= 15 is 0 Å². The average Bonchev–Trinajstić information content (AvgIpc) is 2.97. The van der Waals surface area contributed by atoms with Crippen LogP contribution in [0.25, 0.3) is 0 Å². The summed E-state index contributed by atoms with van der Waals surface area (Å²) in [7, 11) is -3.01. The fourth-order valence-corrected chi connectivity index (χ4v) is 6.35. The van der Waals surface area contributed by atoms with E-state index in [0.29, 0.717) is 18.1 Å². The first-order valence-corrected chi connectivity index (χ1v) is 12.1. The quantitative estimate of drug-likeness (QED) is 0.626. The van der Waals surface area contributed by atoms with Crippen molar-refractivity contribution in [2.24, 2.45) is 0 Å². The number of rotatable bonds is 7. The highest BCUT2D eigenvalue weighted by molar-refractivity contribution is 7.99. The highest BCUT2D eigenvalue weighted by Crippen LogP contribution is 2.33. The SMILES string of the molecule is O=C(CSc1nnnn1Cc1cccs1)N(C1CC1)C1CCS(=O)(=O)C1. The third kappa shape index (κ3) is 4.09. The molecule has 0 spiro atoms. The topological polar surface area (TPSA) is 98.1 Å². The van der Waals surface area contributed by atoms with Crippen LogP contribution < -0.4 is 0 Å². The Morgan fingerprint density at radius 1 is 1.35 bits per heavy atom. The molecule has 2 fully saturated rings. The van der Waals surface area contributed by atoms with Crippen molar-refractivity contribution in [3.8, 4) is 0 Å². The second-order valence-electron chi connectivity index (χ2n) is 6.58. The molecule has 0 radical (unpaired) electrons. The summed E-state index contributed by atoms with van der Waals surface area (Å²) in [6.45, 7) is 0.578. The van der Waals surface area contributed by atoms with Crippen LogP contribution in [0.5, 0.6) is 0 Å². The van der Waals surface area contributed by atoms with E-state index in [1.165, 1.54) is 11.8 Å². The lowest BCUT2D eigenvalue weighted by Gasteiger charge is -2.28. The van der Waals surface area contributed by atoms with Gasteiger partial charge in [-0.3, -0.25) is 4.79 Å². The van der Waals surface area contributed by atoms with Crippen LogP contribution in [0.4, 0.5) is 0 Å². The summed E-state index contributed by atoms with van der Waals surface area (Å²) in [6, 6.07) is 4.01. The lowest BCUT2D eigenvalue weighted by molar-refractivity contribution is -0.130. The maximum absolute atomic E-state index is 12.8. The van der Waals surface area contributed by atoms with E-state index < -0.39 is 9.84 Å². The van der Waals surface area contributed by atoms with Crippen LogP contribution >= 0.6 is 23.1 Å². The third-order valence-electron chi connectivity index (χ3n) is 4.54. The Hall–Kier alpha value is -1.46. The number of tetrazole rings is 1. The predicted molar refractivity (Wildman–Crippen MR) is 98.9 cm³/mol. The molecule has 26 heavy (non-hydrogen) atoms. The van der Waals surface area contributed by atoms with Gasteiger partial charge >= 0.3 is 0 Å². The van der Waals surface area contributed by atoms with Crippen LogP contribution in [-0.2, 0) is 21.2 Å². The Morgan fingerprint density at radius 3 is 2.85 bits per heavy atom. The molecule has 1 amide bonds. The highest BCUT2D eigenvalue weighted by atomic mass is 32.2. The Morgan fingerprint density at radius 2 is 2.19 bits per heavy atom. The zero-order valence-corrected chi connectivity index (χ0v) is 16.5. The summed E-state index contributed by atoms with van der Waals surface area (Å²) in [5, 5.41) is 14.3. The number of amides is 1. The molecule has 0 bridgehead atoms. The number of sulfone groups is 1. The van der Waals surface area contributed by atoms with Crippen molar-refractivity contribution < 1.29 is 13.2 Å². The van der Waals surface area contributed by atoms with Crippen LogP contribution in [-0.4, -0.2) is 68.8 Å². The van der Waals surface area contributed by atoms with Crippen molar-refractivity contribution in [3.05, 3.63) is 22.4 Å². The van der Waals surface area contributed by atoms with Crippen molar-refractivity contribution in [3.63, 3.8) is 0 Å². The second kappa shape index (κ2) is 7.28. The van der Waals surface area contributed by atoms with Crippen molar-refractivity contribution >= 4 is 38.8 Å². The summed E-state index contributed by atoms with van der Waals surface area (Å²) >= 11 is 2.94. The zero-order valence-electron chi connectivity index (χ0n) is 14.0. The fraction of sp³-hybridized carbons (Fsp3) is 0.600. The minimum absolute atomic E-state index is 0.0229. The summed E-state index contributed by atoms with van der Waals surface area (Å²) in [4.78, 5) is 15.7. The van der Waals surface area contributed by atoms with Gasteiger partial charge in [0.2, 0.25) is 11.1 Å². The zero-order chi connectivity index (χ0) is 18.1. The molecule has 4 rings (SSSR count). The van der Waals surface area contributed by atoms with Gasteiger partial charge in [0.05, 0.1) is 23.8 Å². The Kier molecular flexibility index (Phi) is 5.02. The van der Waals surface area contributed by atoms with E-state index in [9.17, 15) is 13.2 Å². The van der Waals surface area contributed by atoms with Crippen LogP contribution in [0, 0.1) is 0 Å². The number of aromatic nitrogens is 4. The monoisotopic (exact) mass is 413 g/mol. The first kappa shape index (κ1) is 17.9. The minimum Gasteiger partial charge on any atom is -0.335 e. The molecule has 1 unspecified atom stereocenters. The molecule has 8 nitrogen and oxygen atoms in total. The van der Waals surface area contributed by atoms with Gasteiger partial charge in [0.1, 0.15) is 0 Å². The van der Waals surface area contributed by atoms with E-state index in [1.54, 1.807) is 16.0 Å². The van der Waals surface area contributed by atoms with Gasteiger partial charge in [0.25, 0.3) is 0 Å². The largest absolute Gasteiger partial charge is 0.335 e. The second-order valence-corrected chi connectivity index (χ2v) is 10.8. The number of carbonyl (C=O) groups excluding carboxylic acids is 1. The number of nitrogens with zero attached hydrogens (tertiary/aromatic N) is 5. The van der Waals surface area contributed by atoms with Crippen LogP contribution in [0.3, 0.4) is 0 Å². The molecular weight excluding hydrogens is 394 g/mol. The molecule has 1 saturated carbocycles. The summed E-state index contributed by atoms with van der Waals surface area (Å²) in [5.41, 5.74) is 0. The third-order valence-corrected chi connectivity index (χ3v) is 8.09. The molecule has 1 atom stereocenters.